The van der Waals surface area contributed by atoms with Gasteiger partial charge in [0.05, 0.1) is 12.4 Å². The highest BCUT2D eigenvalue weighted by Crippen LogP contribution is 2.27. The topological polar surface area (TPSA) is 147 Å². The van der Waals surface area contributed by atoms with Crippen LogP contribution in [0.25, 0.3) is 0 Å². The summed E-state index contributed by atoms with van der Waals surface area (Å²) in [6.45, 7) is -2.19. The fourth-order valence-corrected chi connectivity index (χ4v) is 2.13. The fraction of sp³-hybridized carbons (Fsp3) is 0.211. The van der Waals surface area contributed by atoms with E-state index in [1.807, 2.05) is 0 Å². The second-order valence-electron chi connectivity index (χ2n) is 5.88. The van der Waals surface area contributed by atoms with E-state index in [-0.39, 0.29) is 34.5 Å². The highest BCUT2D eigenvalue weighted by Gasteiger charge is 2.16. The second kappa shape index (κ2) is 11.2. The van der Waals surface area contributed by atoms with E-state index in [2.05, 4.69) is 20.6 Å². The van der Waals surface area contributed by atoms with Gasteiger partial charge in [-0.15, -0.1) is 0 Å². The van der Waals surface area contributed by atoms with Crippen LogP contribution in [0.4, 0.5) is 8.78 Å². The van der Waals surface area contributed by atoms with E-state index < -0.39 is 31.3 Å². The lowest BCUT2D eigenvalue weighted by Crippen LogP contribution is -2.29. The Bertz CT molecular complexity index is 965. The number of amides is 1. The minimum Gasteiger partial charge on any atom is -0.485 e. The summed E-state index contributed by atoms with van der Waals surface area (Å²) in [5, 5.41) is 21.5. The maximum atomic E-state index is 12.9. The standard InChI is InChI=1S/C19H19F2N5O5/c1-23-3-2-16(22)26-18(27)11-4-12(30-14(7-20)8-21)6-13(5-11)31-17-10-24-15(9-25-17)19(28)29/h2-6,9-10,14,23H,7-8H2,1H3,(H,28,29)(H2,22,26,27)/b3-2-. The zero-order valence-electron chi connectivity index (χ0n) is 16.3. The molecule has 10 nitrogen and oxygen atoms in total. The summed E-state index contributed by atoms with van der Waals surface area (Å²) in [5.41, 5.74) is -0.326. The van der Waals surface area contributed by atoms with Gasteiger partial charge in [-0.05, 0) is 24.4 Å². The Kier molecular flexibility index (Phi) is 8.37. The van der Waals surface area contributed by atoms with Gasteiger partial charge >= 0.3 is 5.97 Å². The molecule has 0 radical (unpaired) electrons. The van der Waals surface area contributed by atoms with Crippen molar-refractivity contribution in [2.24, 2.45) is 0 Å². The molecule has 1 amide bonds. The minimum atomic E-state index is -1.38. The number of carboxylic acids is 1. The molecule has 0 unspecified atom stereocenters. The van der Waals surface area contributed by atoms with Crippen LogP contribution < -0.4 is 20.1 Å². The summed E-state index contributed by atoms with van der Waals surface area (Å²) >= 11 is 0. The molecule has 0 bridgehead atoms. The highest BCUT2D eigenvalue weighted by molar-refractivity contribution is 6.09. The molecule has 164 valence electrons. The molecule has 0 aliphatic heterocycles. The molecule has 2 aromatic rings. The van der Waals surface area contributed by atoms with Gasteiger partial charge in [0.15, 0.2) is 11.8 Å². The van der Waals surface area contributed by atoms with E-state index in [0.717, 1.165) is 12.4 Å². The zero-order valence-corrected chi connectivity index (χ0v) is 16.3. The van der Waals surface area contributed by atoms with Gasteiger partial charge in [0.2, 0.25) is 5.88 Å². The first kappa shape index (κ1) is 23.2. The summed E-state index contributed by atoms with van der Waals surface area (Å²) < 4.78 is 36.4. The molecule has 0 saturated carbocycles. The SMILES string of the molecule is CN/C=C\C(=N)NC(=O)c1cc(Oc2cnc(C(=O)O)cn2)cc(OC(CF)CF)c1. The lowest BCUT2D eigenvalue weighted by Gasteiger charge is -2.15. The molecular weight excluding hydrogens is 416 g/mol. The summed E-state index contributed by atoms with van der Waals surface area (Å²) in [5.74, 6) is -2.33. The predicted octanol–water partition coefficient (Wildman–Crippen LogP) is 2.09. The van der Waals surface area contributed by atoms with E-state index in [1.165, 1.54) is 30.5 Å². The first-order chi connectivity index (χ1) is 14.9. The molecule has 2 rings (SSSR count). The number of alkyl halides is 2. The molecule has 0 fully saturated rings. The van der Waals surface area contributed by atoms with Gasteiger partial charge in [-0.2, -0.15) is 0 Å². The number of benzene rings is 1. The number of ether oxygens (including phenoxy) is 2. The number of amidine groups is 1. The van der Waals surface area contributed by atoms with Crippen molar-refractivity contribution >= 4 is 17.7 Å². The number of carboxylic acid groups (broad SMARTS) is 1. The number of nitrogens with one attached hydrogen (secondary N) is 3. The molecule has 0 spiro atoms. The number of nitrogens with zero attached hydrogens (tertiary/aromatic N) is 2. The van der Waals surface area contributed by atoms with Crippen LogP contribution in [-0.2, 0) is 0 Å². The Balaban J connectivity index is 2.31. The van der Waals surface area contributed by atoms with E-state index in [0.29, 0.717) is 0 Å². The van der Waals surface area contributed by atoms with Crippen LogP contribution in [0.1, 0.15) is 20.8 Å². The van der Waals surface area contributed by atoms with Crippen molar-refractivity contribution in [3.63, 3.8) is 0 Å². The number of carbonyl (C=O) groups is 2. The number of hydrogen-bond donors (Lipinski definition) is 4. The van der Waals surface area contributed by atoms with Gasteiger partial charge in [-0.3, -0.25) is 10.2 Å². The molecular formula is C19H19F2N5O5. The van der Waals surface area contributed by atoms with Crippen molar-refractivity contribution in [3.8, 4) is 17.4 Å². The molecule has 4 N–H and O–H groups in total. The molecule has 0 atom stereocenters. The third-order valence-corrected chi connectivity index (χ3v) is 3.52. The Morgan fingerprint density at radius 1 is 1.19 bits per heavy atom. The Hall–Kier alpha value is -4.09. The van der Waals surface area contributed by atoms with Crippen LogP contribution in [0.3, 0.4) is 0 Å². The predicted molar refractivity (Wildman–Crippen MR) is 105 cm³/mol. The van der Waals surface area contributed by atoms with Crippen molar-refractivity contribution in [2.75, 3.05) is 20.4 Å². The van der Waals surface area contributed by atoms with E-state index in [9.17, 15) is 18.4 Å². The number of rotatable bonds is 10. The second-order valence-corrected chi connectivity index (χ2v) is 5.88. The molecule has 12 heteroatoms. The molecule has 31 heavy (non-hydrogen) atoms. The van der Waals surface area contributed by atoms with Gasteiger partial charge in [-0.1, -0.05) is 0 Å². The molecule has 0 saturated heterocycles. The van der Waals surface area contributed by atoms with Gasteiger partial charge in [-0.25, -0.2) is 23.5 Å². The van der Waals surface area contributed by atoms with Crippen LogP contribution in [0, 0.1) is 5.41 Å². The van der Waals surface area contributed by atoms with E-state index in [1.54, 1.807) is 7.05 Å². The van der Waals surface area contributed by atoms with Gasteiger partial charge in [0, 0.05) is 18.7 Å². The molecule has 1 aromatic heterocycles. The summed E-state index contributed by atoms with van der Waals surface area (Å²) in [6, 6.07) is 3.78. The smallest absolute Gasteiger partial charge is 0.356 e. The third kappa shape index (κ3) is 7.03. The molecule has 0 aliphatic carbocycles. The summed E-state index contributed by atoms with van der Waals surface area (Å²) in [7, 11) is 1.62. The largest absolute Gasteiger partial charge is 0.485 e. The van der Waals surface area contributed by atoms with Crippen molar-refractivity contribution in [2.45, 2.75) is 6.10 Å². The fourth-order valence-electron chi connectivity index (χ4n) is 2.13. The van der Waals surface area contributed by atoms with Crippen LogP contribution in [0.15, 0.2) is 42.9 Å². The number of halogens is 2. The summed E-state index contributed by atoms with van der Waals surface area (Å²) in [4.78, 5) is 30.8. The maximum Gasteiger partial charge on any atom is 0.356 e. The Morgan fingerprint density at radius 2 is 1.90 bits per heavy atom. The van der Waals surface area contributed by atoms with Crippen molar-refractivity contribution < 1.29 is 33.0 Å². The van der Waals surface area contributed by atoms with Crippen LogP contribution in [-0.4, -0.2) is 59.3 Å². The minimum absolute atomic E-state index is 0.00814. The van der Waals surface area contributed by atoms with Crippen molar-refractivity contribution in [1.82, 2.24) is 20.6 Å². The van der Waals surface area contributed by atoms with E-state index >= 15 is 0 Å². The van der Waals surface area contributed by atoms with Crippen molar-refractivity contribution in [1.29, 1.82) is 5.41 Å². The number of hydrogen-bond acceptors (Lipinski definition) is 8. The number of aromatic nitrogens is 2. The molecule has 1 aromatic carbocycles. The third-order valence-electron chi connectivity index (χ3n) is 3.52. The zero-order chi connectivity index (χ0) is 22.8. The first-order valence-corrected chi connectivity index (χ1v) is 8.76. The quantitative estimate of drug-likeness (QED) is 0.328. The van der Waals surface area contributed by atoms with Crippen LogP contribution in [0.2, 0.25) is 0 Å². The number of carbonyl (C=O) groups excluding carboxylic acids is 1. The monoisotopic (exact) mass is 435 g/mol. The number of aromatic carboxylic acids is 1. The average molecular weight is 435 g/mol. The van der Waals surface area contributed by atoms with Gasteiger partial charge in [0.1, 0.15) is 30.7 Å². The lowest BCUT2D eigenvalue weighted by molar-refractivity contribution is 0.0689. The summed E-state index contributed by atoms with van der Waals surface area (Å²) in [6.07, 6.45) is 3.39. The van der Waals surface area contributed by atoms with Gasteiger partial charge < -0.3 is 25.2 Å². The van der Waals surface area contributed by atoms with Gasteiger partial charge in [0.25, 0.3) is 5.91 Å². The normalized spacial score (nSPS) is 10.7. The van der Waals surface area contributed by atoms with Crippen LogP contribution in [0.5, 0.6) is 17.4 Å². The van der Waals surface area contributed by atoms with Crippen molar-refractivity contribution in [3.05, 3.63) is 54.1 Å². The first-order valence-electron chi connectivity index (χ1n) is 8.76. The van der Waals surface area contributed by atoms with Crippen LogP contribution >= 0.6 is 0 Å². The molecule has 0 aliphatic rings. The average Bonchev–Trinajstić information content (AvgIpc) is 2.76. The maximum absolute atomic E-state index is 12.9. The highest BCUT2D eigenvalue weighted by atomic mass is 19.1. The lowest BCUT2D eigenvalue weighted by atomic mass is 10.2. The Morgan fingerprint density at radius 3 is 2.48 bits per heavy atom. The molecule has 1 heterocycles. The van der Waals surface area contributed by atoms with E-state index in [4.69, 9.17) is 20.0 Å². The Labute approximate surface area is 175 Å².